The molecule has 0 aromatic rings. The third-order valence-electron chi connectivity index (χ3n) is 2.09. The van der Waals surface area contributed by atoms with Gasteiger partial charge in [-0.25, -0.2) is 0 Å². The fraction of sp³-hybridized carbons (Fsp3) is 1.00. The van der Waals surface area contributed by atoms with Crippen LogP contribution in [0.25, 0.3) is 0 Å². The van der Waals surface area contributed by atoms with Gasteiger partial charge in [-0.2, -0.15) is 0 Å². The first-order chi connectivity index (χ1) is 4.68. The van der Waals surface area contributed by atoms with Gasteiger partial charge in [0.15, 0.2) is 0 Å². The second kappa shape index (κ2) is 5.09. The molecule has 0 aliphatic carbocycles. The molecule has 64 valence electrons. The van der Waals surface area contributed by atoms with E-state index in [4.69, 9.17) is 0 Å². The second-order valence-corrected chi connectivity index (χ2v) is 7.23. The van der Waals surface area contributed by atoms with Crippen LogP contribution in [0.5, 0.6) is 0 Å². The predicted octanol–water partition coefficient (Wildman–Crippen LogP) is 2.48. The van der Waals surface area contributed by atoms with Gasteiger partial charge in [0.2, 0.25) is 0 Å². The van der Waals surface area contributed by atoms with Crippen molar-refractivity contribution in [3.63, 3.8) is 0 Å². The van der Waals surface area contributed by atoms with Crippen LogP contribution in [0, 0.1) is 0 Å². The Morgan fingerprint density at radius 3 is 1.60 bits per heavy atom. The van der Waals surface area contributed by atoms with Gasteiger partial charge in [-0.05, 0) is 0 Å². The first kappa shape index (κ1) is 10.4. The average Bonchev–Trinajstić information content (AvgIpc) is 1.89. The van der Waals surface area contributed by atoms with Crippen LogP contribution < -0.4 is 0 Å². The Morgan fingerprint density at radius 2 is 1.40 bits per heavy atom. The second-order valence-electron chi connectivity index (χ2n) is 3.08. The van der Waals surface area contributed by atoms with E-state index in [2.05, 4.69) is 20.8 Å². The van der Waals surface area contributed by atoms with Gasteiger partial charge in [-0.15, -0.1) is 0 Å². The Hall–Kier alpha value is 0.390. The topological polar surface area (TPSA) is 20.2 Å². The van der Waals surface area contributed by atoms with Crippen LogP contribution in [-0.2, 0) is 0 Å². The molecule has 0 saturated carbocycles. The van der Waals surface area contributed by atoms with E-state index >= 15 is 0 Å². The van der Waals surface area contributed by atoms with Crippen molar-refractivity contribution in [1.29, 1.82) is 0 Å². The normalized spacial score (nSPS) is 13.6. The Kier molecular flexibility index (Phi) is 5.29. The molecule has 10 heavy (non-hydrogen) atoms. The Labute approximate surface area is 65.3 Å². The standard InChI is InChI=1S/C8H21OP/c1-4-7-10(9,6-3)8-5-2/h9-10H,4-8H2,1-3H3. The molecule has 0 aromatic carbocycles. The Balaban J connectivity index is 3.69. The van der Waals surface area contributed by atoms with E-state index in [0.29, 0.717) is 0 Å². The summed E-state index contributed by atoms with van der Waals surface area (Å²) in [5.41, 5.74) is 0. The number of hydrogen-bond acceptors (Lipinski definition) is 1. The third kappa shape index (κ3) is 3.53. The molecule has 0 unspecified atom stereocenters. The summed E-state index contributed by atoms with van der Waals surface area (Å²) < 4.78 is 0. The molecule has 0 spiro atoms. The van der Waals surface area contributed by atoms with Gasteiger partial charge in [0.25, 0.3) is 0 Å². The minimum absolute atomic E-state index is 1.04. The van der Waals surface area contributed by atoms with Crippen molar-refractivity contribution in [3.05, 3.63) is 0 Å². The fourth-order valence-electron chi connectivity index (χ4n) is 1.41. The number of rotatable bonds is 5. The summed E-state index contributed by atoms with van der Waals surface area (Å²) in [5, 5.41) is 0. The molecule has 0 saturated heterocycles. The molecular formula is C8H21OP. The summed E-state index contributed by atoms with van der Waals surface area (Å²) in [4.78, 5) is 9.96. The molecule has 0 amide bonds. The molecule has 0 fully saturated rings. The number of hydrogen-bond donors (Lipinski definition) is 1. The molecule has 0 heterocycles. The van der Waals surface area contributed by atoms with Gasteiger partial charge in [0, 0.05) is 0 Å². The minimum atomic E-state index is -1.72. The zero-order chi connectivity index (χ0) is 8.04. The van der Waals surface area contributed by atoms with E-state index in [1.165, 1.54) is 0 Å². The maximum atomic E-state index is 9.96. The van der Waals surface area contributed by atoms with E-state index in [-0.39, 0.29) is 0 Å². The summed E-state index contributed by atoms with van der Waals surface area (Å²) in [5.74, 6) is 0. The van der Waals surface area contributed by atoms with Crippen LogP contribution in [0.2, 0.25) is 0 Å². The van der Waals surface area contributed by atoms with Gasteiger partial charge >= 0.3 is 64.5 Å². The Bertz CT molecular complexity index is 77.3. The van der Waals surface area contributed by atoms with Crippen LogP contribution in [0.3, 0.4) is 0 Å². The monoisotopic (exact) mass is 164 g/mol. The molecular weight excluding hydrogens is 143 g/mol. The summed E-state index contributed by atoms with van der Waals surface area (Å²) in [6.07, 6.45) is 5.52. The van der Waals surface area contributed by atoms with Gasteiger partial charge in [0.1, 0.15) is 0 Å². The molecule has 0 aliphatic rings. The van der Waals surface area contributed by atoms with Crippen molar-refractivity contribution in [1.82, 2.24) is 0 Å². The average molecular weight is 164 g/mol. The SMILES string of the molecule is CCC[PH](O)(CC)CCC. The molecule has 0 aromatic heterocycles. The zero-order valence-corrected chi connectivity index (χ0v) is 8.48. The summed E-state index contributed by atoms with van der Waals surface area (Å²) in [6, 6.07) is 0. The van der Waals surface area contributed by atoms with Gasteiger partial charge in [-0.1, -0.05) is 0 Å². The first-order valence-corrected chi connectivity index (χ1v) is 6.97. The van der Waals surface area contributed by atoms with E-state index in [0.717, 1.165) is 31.3 Å². The molecule has 2 heteroatoms. The summed E-state index contributed by atoms with van der Waals surface area (Å²) >= 11 is 0. The third-order valence-corrected chi connectivity index (χ3v) is 6.27. The molecule has 0 atom stereocenters. The van der Waals surface area contributed by atoms with Crippen molar-refractivity contribution >= 4 is 7.49 Å². The molecule has 1 N–H and O–H groups in total. The van der Waals surface area contributed by atoms with Crippen molar-refractivity contribution in [2.75, 3.05) is 18.5 Å². The molecule has 0 aliphatic heterocycles. The van der Waals surface area contributed by atoms with E-state index in [1.807, 2.05) is 0 Å². The molecule has 0 radical (unpaired) electrons. The maximum absolute atomic E-state index is 9.96. The van der Waals surface area contributed by atoms with E-state index in [9.17, 15) is 4.89 Å². The van der Waals surface area contributed by atoms with Gasteiger partial charge in [0.05, 0.1) is 0 Å². The van der Waals surface area contributed by atoms with Crippen molar-refractivity contribution in [2.45, 2.75) is 33.6 Å². The summed E-state index contributed by atoms with van der Waals surface area (Å²) in [7, 11) is -1.72. The van der Waals surface area contributed by atoms with Gasteiger partial charge < -0.3 is 0 Å². The zero-order valence-electron chi connectivity index (χ0n) is 7.48. The molecule has 0 rings (SSSR count). The van der Waals surface area contributed by atoms with Crippen LogP contribution >= 0.6 is 7.49 Å². The van der Waals surface area contributed by atoms with Crippen LogP contribution in [0.15, 0.2) is 0 Å². The molecule has 0 bridgehead atoms. The van der Waals surface area contributed by atoms with E-state index < -0.39 is 7.49 Å². The quantitative estimate of drug-likeness (QED) is 0.619. The van der Waals surface area contributed by atoms with Crippen LogP contribution in [-0.4, -0.2) is 23.4 Å². The summed E-state index contributed by atoms with van der Waals surface area (Å²) in [6.45, 7) is 6.43. The first-order valence-electron chi connectivity index (χ1n) is 4.41. The molecule has 1 nitrogen and oxygen atoms in total. The fourth-order valence-corrected chi connectivity index (χ4v) is 4.23. The Morgan fingerprint density at radius 1 is 1.00 bits per heavy atom. The van der Waals surface area contributed by atoms with E-state index in [1.54, 1.807) is 0 Å². The predicted molar refractivity (Wildman–Crippen MR) is 51.4 cm³/mol. The van der Waals surface area contributed by atoms with Crippen LogP contribution in [0.4, 0.5) is 0 Å². The van der Waals surface area contributed by atoms with Crippen LogP contribution in [0.1, 0.15) is 33.6 Å². The van der Waals surface area contributed by atoms with Crippen molar-refractivity contribution in [3.8, 4) is 0 Å². The van der Waals surface area contributed by atoms with Crippen molar-refractivity contribution < 1.29 is 4.89 Å². The van der Waals surface area contributed by atoms with Gasteiger partial charge in [-0.3, -0.25) is 0 Å². The van der Waals surface area contributed by atoms with Crippen molar-refractivity contribution in [2.24, 2.45) is 0 Å².